The van der Waals surface area contributed by atoms with Crippen molar-refractivity contribution in [1.82, 2.24) is 0 Å². The first-order valence-corrected chi connectivity index (χ1v) is 12.6. The van der Waals surface area contributed by atoms with E-state index in [1.807, 2.05) is 12.1 Å². The summed E-state index contributed by atoms with van der Waals surface area (Å²) >= 11 is 0. The van der Waals surface area contributed by atoms with Crippen LogP contribution in [0, 0.1) is 5.92 Å². The monoisotopic (exact) mass is 509 g/mol. The Hall–Kier alpha value is -3.61. The number of benzene rings is 3. The van der Waals surface area contributed by atoms with Crippen LogP contribution < -0.4 is 4.90 Å². The van der Waals surface area contributed by atoms with E-state index in [2.05, 4.69) is 17.0 Å². The molecular weight excluding hydrogens is 479 g/mol. The zero-order valence-electron chi connectivity index (χ0n) is 20.5. The summed E-state index contributed by atoms with van der Waals surface area (Å²) in [6.07, 6.45) is -0.597. The number of carboxylic acids is 1. The number of carbonyl (C=O) groups excluding carboxylic acids is 1. The van der Waals surface area contributed by atoms with E-state index in [-0.39, 0.29) is 12.2 Å². The molecular formula is C30H30F3NO3. The molecule has 1 heterocycles. The van der Waals surface area contributed by atoms with Gasteiger partial charge in [-0.15, -0.1) is 0 Å². The van der Waals surface area contributed by atoms with Gasteiger partial charge in [0.25, 0.3) is 0 Å². The van der Waals surface area contributed by atoms with Crippen LogP contribution >= 0.6 is 0 Å². The van der Waals surface area contributed by atoms with E-state index in [0.29, 0.717) is 35.4 Å². The molecule has 194 valence electrons. The first kappa shape index (κ1) is 26.5. The highest BCUT2D eigenvalue weighted by atomic mass is 19.4. The Labute approximate surface area is 214 Å². The minimum Gasteiger partial charge on any atom is -0.481 e. The van der Waals surface area contributed by atoms with Crippen LogP contribution in [0.3, 0.4) is 0 Å². The second-order valence-electron chi connectivity index (χ2n) is 9.57. The fourth-order valence-electron chi connectivity index (χ4n) is 4.89. The molecule has 4 rings (SSSR count). The topological polar surface area (TPSA) is 57.6 Å². The van der Waals surface area contributed by atoms with Crippen LogP contribution in [-0.4, -0.2) is 29.9 Å². The zero-order chi connectivity index (χ0) is 26.4. The molecule has 0 aromatic heterocycles. The van der Waals surface area contributed by atoms with Crippen molar-refractivity contribution in [3.05, 3.63) is 89.5 Å². The number of hydrogen-bond donors (Lipinski definition) is 1. The van der Waals surface area contributed by atoms with Gasteiger partial charge in [-0.05, 0) is 72.6 Å². The molecule has 1 saturated heterocycles. The summed E-state index contributed by atoms with van der Waals surface area (Å²) in [6, 6.07) is 20.1. The van der Waals surface area contributed by atoms with E-state index in [1.54, 1.807) is 24.3 Å². The Morgan fingerprint density at radius 1 is 0.865 bits per heavy atom. The van der Waals surface area contributed by atoms with Gasteiger partial charge in [0.2, 0.25) is 0 Å². The standard InChI is InChI=1S/C30H30F3NO3/c31-30(32,33)24-11-9-23(10-12-24)26-3-1-2-4-27(26)28(35)15-7-21-5-13-25(14-6-21)34-19-17-22(18-20-34)8-16-29(36)37/h1-6,9-14,22H,7-8,15-20H2,(H,36,37). The summed E-state index contributed by atoms with van der Waals surface area (Å²) in [5.74, 6) is -0.328. The summed E-state index contributed by atoms with van der Waals surface area (Å²) in [4.78, 5) is 26.2. The number of carbonyl (C=O) groups is 2. The molecule has 3 aromatic rings. The fraction of sp³-hybridized carbons (Fsp3) is 0.333. The highest BCUT2D eigenvalue weighted by Gasteiger charge is 2.30. The second-order valence-corrected chi connectivity index (χ2v) is 9.57. The van der Waals surface area contributed by atoms with Crippen molar-refractivity contribution in [1.29, 1.82) is 0 Å². The number of halogens is 3. The lowest BCUT2D eigenvalue weighted by Crippen LogP contribution is -2.33. The summed E-state index contributed by atoms with van der Waals surface area (Å²) in [5.41, 5.74) is 3.16. The number of piperidine rings is 1. The normalized spacial score (nSPS) is 14.5. The lowest BCUT2D eigenvalue weighted by Gasteiger charge is -2.33. The van der Waals surface area contributed by atoms with Crippen LogP contribution in [0.2, 0.25) is 0 Å². The maximum absolute atomic E-state index is 13.1. The number of rotatable bonds is 9. The Morgan fingerprint density at radius 3 is 2.14 bits per heavy atom. The third kappa shape index (κ3) is 7.00. The summed E-state index contributed by atoms with van der Waals surface area (Å²) in [5, 5.41) is 8.88. The number of aryl methyl sites for hydroxylation is 1. The van der Waals surface area contributed by atoms with Crippen molar-refractivity contribution in [2.45, 2.75) is 44.7 Å². The van der Waals surface area contributed by atoms with Crippen molar-refractivity contribution in [3.63, 3.8) is 0 Å². The average Bonchev–Trinajstić information content (AvgIpc) is 2.91. The Kier molecular flexibility index (Phi) is 8.31. The molecule has 37 heavy (non-hydrogen) atoms. The fourth-order valence-corrected chi connectivity index (χ4v) is 4.89. The quantitative estimate of drug-likeness (QED) is 0.308. The number of nitrogens with zero attached hydrogens (tertiary/aromatic N) is 1. The molecule has 0 amide bonds. The van der Waals surface area contributed by atoms with Crippen molar-refractivity contribution >= 4 is 17.4 Å². The first-order valence-electron chi connectivity index (χ1n) is 12.6. The van der Waals surface area contributed by atoms with E-state index in [9.17, 15) is 22.8 Å². The number of carboxylic acid groups (broad SMARTS) is 1. The van der Waals surface area contributed by atoms with Gasteiger partial charge in [-0.1, -0.05) is 48.5 Å². The Balaban J connectivity index is 1.34. The van der Waals surface area contributed by atoms with Gasteiger partial charge < -0.3 is 10.0 Å². The van der Waals surface area contributed by atoms with Gasteiger partial charge in [0.05, 0.1) is 5.56 Å². The predicted octanol–water partition coefficient (Wildman–Crippen LogP) is 7.27. The lowest BCUT2D eigenvalue weighted by atomic mass is 9.92. The van der Waals surface area contributed by atoms with Gasteiger partial charge in [-0.2, -0.15) is 13.2 Å². The summed E-state index contributed by atoms with van der Waals surface area (Å²) in [6.45, 7) is 1.81. The molecule has 0 radical (unpaired) electrons. The van der Waals surface area contributed by atoms with E-state index < -0.39 is 17.7 Å². The minimum atomic E-state index is -4.40. The molecule has 0 spiro atoms. The molecule has 1 aliphatic rings. The maximum Gasteiger partial charge on any atom is 0.416 e. The van der Waals surface area contributed by atoms with E-state index in [0.717, 1.165) is 55.7 Å². The Morgan fingerprint density at radius 2 is 1.51 bits per heavy atom. The molecule has 3 aromatic carbocycles. The van der Waals surface area contributed by atoms with Crippen LogP contribution in [0.25, 0.3) is 11.1 Å². The van der Waals surface area contributed by atoms with E-state index >= 15 is 0 Å². The molecule has 0 atom stereocenters. The minimum absolute atomic E-state index is 0.0528. The highest BCUT2D eigenvalue weighted by Crippen LogP contribution is 2.32. The second kappa shape index (κ2) is 11.6. The van der Waals surface area contributed by atoms with Gasteiger partial charge in [0.15, 0.2) is 5.78 Å². The number of Topliss-reactive ketones (excluding diaryl/α,β-unsaturated/α-hetero) is 1. The maximum atomic E-state index is 13.1. The van der Waals surface area contributed by atoms with Gasteiger partial charge in [-0.25, -0.2) is 0 Å². The molecule has 1 fully saturated rings. The average molecular weight is 510 g/mol. The van der Waals surface area contributed by atoms with Gasteiger partial charge in [0, 0.05) is 37.2 Å². The van der Waals surface area contributed by atoms with Crippen LogP contribution in [-0.2, 0) is 17.4 Å². The largest absolute Gasteiger partial charge is 0.481 e. The number of hydrogen-bond acceptors (Lipinski definition) is 3. The molecule has 1 N–H and O–H groups in total. The molecule has 4 nitrogen and oxygen atoms in total. The summed E-state index contributed by atoms with van der Waals surface area (Å²) in [7, 11) is 0. The predicted molar refractivity (Wildman–Crippen MR) is 138 cm³/mol. The molecule has 0 bridgehead atoms. The molecule has 0 unspecified atom stereocenters. The third-order valence-electron chi connectivity index (χ3n) is 7.07. The van der Waals surface area contributed by atoms with Crippen molar-refractivity contribution in [3.8, 4) is 11.1 Å². The lowest BCUT2D eigenvalue weighted by molar-refractivity contribution is -0.138. The molecule has 1 aliphatic heterocycles. The van der Waals surface area contributed by atoms with Crippen LogP contribution in [0.4, 0.5) is 18.9 Å². The number of anilines is 1. The first-order chi connectivity index (χ1) is 17.7. The van der Waals surface area contributed by atoms with Crippen LogP contribution in [0.15, 0.2) is 72.8 Å². The number of aliphatic carboxylic acids is 1. The zero-order valence-corrected chi connectivity index (χ0v) is 20.5. The molecule has 0 saturated carbocycles. The smallest absolute Gasteiger partial charge is 0.416 e. The van der Waals surface area contributed by atoms with Crippen molar-refractivity contribution < 1.29 is 27.9 Å². The van der Waals surface area contributed by atoms with Crippen LogP contribution in [0.1, 0.15) is 53.6 Å². The molecule has 7 heteroatoms. The van der Waals surface area contributed by atoms with Crippen molar-refractivity contribution in [2.75, 3.05) is 18.0 Å². The number of alkyl halides is 3. The highest BCUT2D eigenvalue weighted by molar-refractivity contribution is 6.02. The van der Waals surface area contributed by atoms with Crippen LogP contribution in [0.5, 0.6) is 0 Å². The van der Waals surface area contributed by atoms with Gasteiger partial charge in [-0.3, -0.25) is 9.59 Å². The van der Waals surface area contributed by atoms with Gasteiger partial charge in [0.1, 0.15) is 0 Å². The third-order valence-corrected chi connectivity index (χ3v) is 7.07. The van der Waals surface area contributed by atoms with E-state index in [4.69, 9.17) is 5.11 Å². The summed E-state index contributed by atoms with van der Waals surface area (Å²) < 4.78 is 38.7. The van der Waals surface area contributed by atoms with Crippen molar-refractivity contribution in [2.24, 2.45) is 5.92 Å². The Bertz CT molecular complexity index is 1210. The van der Waals surface area contributed by atoms with Gasteiger partial charge >= 0.3 is 12.1 Å². The SMILES string of the molecule is O=C(O)CCC1CCN(c2ccc(CCC(=O)c3ccccc3-c3ccc(C(F)(F)F)cc3)cc2)CC1. The molecule has 0 aliphatic carbocycles. The number of ketones is 1. The van der Waals surface area contributed by atoms with E-state index in [1.165, 1.54) is 12.1 Å².